The zero-order valence-electron chi connectivity index (χ0n) is 9.98. The number of carbonyl (C=O) groups excluding carboxylic acids is 1. The van der Waals surface area contributed by atoms with E-state index in [2.05, 4.69) is 5.32 Å². The highest BCUT2D eigenvalue weighted by atomic mass is 16.5. The van der Waals surface area contributed by atoms with Crippen molar-refractivity contribution >= 4 is 5.91 Å². The third-order valence-electron chi connectivity index (χ3n) is 3.19. The molecular formula is C13H18N2O2. The molecule has 1 aromatic carbocycles. The molecule has 17 heavy (non-hydrogen) atoms. The van der Waals surface area contributed by atoms with Gasteiger partial charge in [-0.3, -0.25) is 4.79 Å². The summed E-state index contributed by atoms with van der Waals surface area (Å²) < 4.78 is 5.22. The molecule has 0 radical (unpaired) electrons. The normalized spacial score (nSPS) is 22.7. The summed E-state index contributed by atoms with van der Waals surface area (Å²) in [7, 11) is 1.63. The predicted octanol–water partition coefficient (Wildman–Crippen LogP) is 1.05. The maximum Gasteiger partial charge on any atom is 0.223 e. The van der Waals surface area contributed by atoms with E-state index in [0.29, 0.717) is 6.54 Å². The summed E-state index contributed by atoms with van der Waals surface area (Å²) in [5.41, 5.74) is 6.65. The summed E-state index contributed by atoms with van der Waals surface area (Å²) in [6, 6.07) is 7.89. The Labute approximate surface area is 101 Å². The van der Waals surface area contributed by atoms with Gasteiger partial charge >= 0.3 is 0 Å². The summed E-state index contributed by atoms with van der Waals surface area (Å²) >= 11 is 0. The molecule has 0 unspecified atom stereocenters. The maximum atomic E-state index is 11.7. The van der Waals surface area contributed by atoms with E-state index >= 15 is 0 Å². The van der Waals surface area contributed by atoms with Gasteiger partial charge in [0, 0.05) is 24.1 Å². The van der Waals surface area contributed by atoms with E-state index in [9.17, 15) is 4.79 Å². The lowest BCUT2D eigenvalue weighted by atomic mass is 9.80. The van der Waals surface area contributed by atoms with Gasteiger partial charge in [0.2, 0.25) is 5.91 Å². The van der Waals surface area contributed by atoms with Crippen molar-refractivity contribution in [3.05, 3.63) is 29.8 Å². The van der Waals surface area contributed by atoms with E-state index in [-0.39, 0.29) is 17.9 Å². The molecule has 0 heterocycles. The van der Waals surface area contributed by atoms with Crippen LogP contribution in [0.5, 0.6) is 5.75 Å². The van der Waals surface area contributed by atoms with Gasteiger partial charge in [-0.1, -0.05) is 18.2 Å². The number of ether oxygens (including phenoxy) is 1. The van der Waals surface area contributed by atoms with E-state index < -0.39 is 0 Å². The van der Waals surface area contributed by atoms with Crippen molar-refractivity contribution < 1.29 is 9.53 Å². The lowest BCUT2D eigenvalue weighted by Crippen LogP contribution is -2.44. The summed E-state index contributed by atoms with van der Waals surface area (Å²) in [6.07, 6.45) is 1.61. The van der Waals surface area contributed by atoms with Gasteiger partial charge in [-0.2, -0.15) is 0 Å². The average Bonchev–Trinajstić information content (AvgIpc) is 2.32. The number of nitrogens with two attached hydrogens (primary N) is 1. The average molecular weight is 234 g/mol. The Morgan fingerprint density at radius 1 is 1.47 bits per heavy atom. The molecule has 0 aliphatic heterocycles. The Bertz CT molecular complexity index is 400. The molecule has 3 N–H and O–H groups in total. The number of carbonyl (C=O) groups is 1. The quantitative estimate of drug-likeness (QED) is 0.818. The minimum atomic E-state index is 0.0950. The first-order valence-corrected chi connectivity index (χ1v) is 5.86. The Balaban J connectivity index is 1.87. The van der Waals surface area contributed by atoms with Gasteiger partial charge in [0.05, 0.1) is 7.11 Å². The number of methoxy groups -OCH3 is 1. The summed E-state index contributed by atoms with van der Waals surface area (Å²) in [5.74, 6) is 0.996. The topological polar surface area (TPSA) is 64.3 Å². The molecule has 92 valence electrons. The van der Waals surface area contributed by atoms with E-state index in [1.165, 1.54) is 0 Å². The molecule has 0 saturated heterocycles. The van der Waals surface area contributed by atoms with Gasteiger partial charge in [0.25, 0.3) is 0 Å². The van der Waals surface area contributed by atoms with Crippen molar-refractivity contribution in [1.29, 1.82) is 0 Å². The molecule has 1 amide bonds. The minimum absolute atomic E-state index is 0.0950. The van der Waals surface area contributed by atoms with Gasteiger partial charge in [-0.05, 0) is 18.9 Å². The van der Waals surface area contributed by atoms with Crippen molar-refractivity contribution in [1.82, 2.24) is 5.32 Å². The summed E-state index contributed by atoms with van der Waals surface area (Å²) in [4.78, 5) is 11.7. The Kier molecular flexibility index (Phi) is 3.64. The fourth-order valence-corrected chi connectivity index (χ4v) is 2.05. The van der Waals surface area contributed by atoms with Crippen LogP contribution in [0, 0.1) is 5.92 Å². The molecule has 0 spiro atoms. The molecule has 0 atom stereocenters. The molecule has 1 aliphatic carbocycles. The molecule has 1 aliphatic rings. The van der Waals surface area contributed by atoms with E-state index in [1.54, 1.807) is 7.11 Å². The molecule has 2 rings (SSSR count). The third-order valence-corrected chi connectivity index (χ3v) is 3.19. The molecular weight excluding hydrogens is 216 g/mol. The van der Waals surface area contributed by atoms with Crippen molar-refractivity contribution in [3.8, 4) is 5.75 Å². The number of rotatable bonds is 4. The molecule has 4 nitrogen and oxygen atoms in total. The number of nitrogens with one attached hydrogen (secondary N) is 1. The van der Waals surface area contributed by atoms with Gasteiger partial charge in [0.1, 0.15) is 5.75 Å². The molecule has 0 aromatic heterocycles. The van der Waals surface area contributed by atoms with E-state index in [1.807, 2.05) is 24.3 Å². The number of hydrogen-bond donors (Lipinski definition) is 2. The molecule has 1 aromatic rings. The van der Waals surface area contributed by atoms with Gasteiger partial charge in [0.15, 0.2) is 0 Å². The highest BCUT2D eigenvalue weighted by Crippen LogP contribution is 2.25. The SMILES string of the molecule is COc1ccccc1CNC(=O)C1CC(N)C1. The van der Waals surface area contributed by atoms with Crippen LogP contribution in [0.1, 0.15) is 18.4 Å². The lowest BCUT2D eigenvalue weighted by molar-refractivity contribution is -0.128. The highest BCUT2D eigenvalue weighted by Gasteiger charge is 2.31. The van der Waals surface area contributed by atoms with Gasteiger partial charge < -0.3 is 15.8 Å². The van der Waals surface area contributed by atoms with Crippen LogP contribution in [-0.4, -0.2) is 19.1 Å². The van der Waals surface area contributed by atoms with Crippen LogP contribution < -0.4 is 15.8 Å². The second-order valence-corrected chi connectivity index (χ2v) is 4.46. The van der Waals surface area contributed by atoms with Gasteiger partial charge in [-0.25, -0.2) is 0 Å². The van der Waals surface area contributed by atoms with Crippen molar-refractivity contribution in [3.63, 3.8) is 0 Å². The molecule has 1 fully saturated rings. The van der Waals surface area contributed by atoms with E-state index in [4.69, 9.17) is 10.5 Å². The summed E-state index contributed by atoms with van der Waals surface area (Å²) in [5, 5.41) is 2.92. The number of hydrogen-bond acceptors (Lipinski definition) is 3. The smallest absolute Gasteiger partial charge is 0.223 e. The van der Waals surface area contributed by atoms with Crippen LogP contribution in [0.15, 0.2) is 24.3 Å². The van der Waals surface area contributed by atoms with Crippen LogP contribution in [0.2, 0.25) is 0 Å². The standard InChI is InChI=1S/C13H18N2O2/c1-17-12-5-3-2-4-9(12)8-15-13(16)10-6-11(14)7-10/h2-5,10-11H,6-8,14H2,1H3,(H,15,16). The van der Waals surface area contributed by atoms with Gasteiger partial charge in [-0.15, -0.1) is 0 Å². The second-order valence-electron chi connectivity index (χ2n) is 4.46. The van der Waals surface area contributed by atoms with E-state index in [0.717, 1.165) is 24.2 Å². The van der Waals surface area contributed by atoms with Crippen molar-refractivity contribution in [2.45, 2.75) is 25.4 Å². The van der Waals surface area contributed by atoms with Crippen LogP contribution in [0.4, 0.5) is 0 Å². The zero-order valence-corrected chi connectivity index (χ0v) is 9.98. The number of amides is 1. The Hall–Kier alpha value is -1.55. The second kappa shape index (κ2) is 5.19. The largest absolute Gasteiger partial charge is 0.496 e. The van der Waals surface area contributed by atoms with Crippen LogP contribution in [0.3, 0.4) is 0 Å². The van der Waals surface area contributed by atoms with Crippen LogP contribution in [0.25, 0.3) is 0 Å². The zero-order chi connectivity index (χ0) is 12.3. The lowest BCUT2D eigenvalue weighted by Gasteiger charge is -2.31. The van der Waals surface area contributed by atoms with Crippen molar-refractivity contribution in [2.75, 3.05) is 7.11 Å². The molecule has 4 heteroatoms. The molecule has 0 bridgehead atoms. The maximum absolute atomic E-state index is 11.7. The third kappa shape index (κ3) is 2.77. The number of benzene rings is 1. The monoisotopic (exact) mass is 234 g/mol. The summed E-state index contributed by atoms with van der Waals surface area (Å²) in [6.45, 7) is 0.509. The highest BCUT2D eigenvalue weighted by molar-refractivity contribution is 5.79. The van der Waals surface area contributed by atoms with Crippen LogP contribution in [-0.2, 0) is 11.3 Å². The number of para-hydroxylation sites is 1. The minimum Gasteiger partial charge on any atom is -0.496 e. The fourth-order valence-electron chi connectivity index (χ4n) is 2.05. The first-order chi connectivity index (χ1) is 8.20. The molecule has 1 saturated carbocycles. The Morgan fingerprint density at radius 2 is 2.18 bits per heavy atom. The van der Waals surface area contributed by atoms with Crippen molar-refractivity contribution in [2.24, 2.45) is 11.7 Å². The Morgan fingerprint density at radius 3 is 2.82 bits per heavy atom. The fraction of sp³-hybridized carbons (Fsp3) is 0.462. The predicted molar refractivity (Wildman–Crippen MR) is 65.5 cm³/mol. The van der Waals surface area contributed by atoms with Crippen LogP contribution >= 0.6 is 0 Å². The first kappa shape index (κ1) is 11.9. The first-order valence-electron chi connectivity index (χ1n) is 5.86.